The minimum atomic E-state index is -0.0708. The molecule has 3 aliphatic rings. The van der Waals surface area contributed by atoms with E-state index in [9.17, 15) is 9.59 Å². The average Bonchev–Trinajstić information content (AvgIpc) is 3.28. The van der Waals surface area contributed by atoms with Gasteiger partial charge in [0.05, 0.1) is 10.8 Å². The zero-order chi connectivity index (χ0) is 18.5. The van der Waals surface area contributed by atoms with E-state index in [2.05, 4.69) is 26.1 Å². The lowest BCUT2D eigenvalue weighted by Gasteiger charge is -2.40. The van der Waals surface area contributed by atoms with Crippen LogP contribution in [0.5, 0.6) is 0 Å². The van der Waals surface area contributed by atoms with Crippen LogP contribution in [0, 0.1) is 22.7 Å². The number of carbonyl (C=O) groups excluding carboxylic acids is 2. The van der Waals surface area contributed by atoms with Gasteiger partial charge < -0.3 is 10.2 Å². The molecule has 1 saturated heterocycles. The van der Waals surface area contributed by atoms with Gasteiger partial charge in [0, 0.05) is 19.1 Å². The predicted molar refractivity (Wildman–Crippen MR) is 104 cm³/mol. The molecule has 2 amide bonds. The third-order valence-electron chi connectivity index (χ3n) is 7.92. The Morgan fingerprint density at radius 3 is 2.69 bits per heavy atom. The van der Waals surface area contributed by atoms with Gasteiger partial charge in [-0.25, -0.2) is 0 Å². The Labute approximate surface area is 160 Å². The highest BCUT2D eigenvalue weighted by Crippen LogP contribution is 2.65. The van der Waals surface area contributed by atoms with E-state index in [0.29, 0.717) is 12.0 Å². The molecule has 4 atom stereocenters. The Hall–Kier alpha value is -1.36. The molecule has 2 heterocycles. The molecule has 1 aromatic rings. The number of nitrogens with one attached hydrogen (secondary N) is 1. The summed E-state index contributed by atoms with van der Waals surface area (Å²) in [7, 11) is 0. The van der Waals surface area contributed by atoms with Crippen molar-refractivity contribution in [3.8, 4) is 0 Å². The highest BCUT2D eigenvalue weighted by molar-refractivity contribution is 7.12. The summed E-state index contributed by atoms with van der Waals surface area (Å²) in [5, 5.41) is 5.33. The molecule has 0 radical (unpaired) electrons. The minimum Gasteiger partial charge on any atom is -0.352 e. The first-order valence-corrected chi connectivity index (χ1v) is 10.8. The monoisotopic (exact) mass is 374 g/mol. The number of amides is 2. The van der Waals surface area contributed by atoms with Crippen LogP contribution in [0.2, 0.25) is 0 Å². The summed E-state index contributed by atoms with van der Waals surface area (Å²) in [6.45, 7) is 8.42. The largest absolute Gasteiger partial charge is 0.352 e. The highest BCUT2D eigenvalue weighted by Gasteiger charge is 2.61. The molecule has 3 fully saturated rings. The van der Waals surface area contributed by atoms with Gasteiger partial charge in [0.1, 0.15) is 0 Å². The van der Waals surface area contributed by atoms with Crippen LogP contribution in [0.15, 0.2) is 17.5 Å². The second kappa shape index (κ2) is 6.36. The SMILES string of the molecule is CC1(C)C2CCC1(C)C(NC(=O)C1CCCN(C(=O)c3cccs3)C1)C2. The lowest BCUT2D eigenvalue weighted by molar-refractivity contribution is -0.128. The van der Waals surface area contributed by atoms with Gasteiger partial charge in [0.15, 0.2) is 0 Å². The first-order chi connectivity index (χ1) is 12.3. The minimum absolute atomic E-state index is 0.0708. The molecule has 1 aromatic heterocycles. The Bertz CT molecular complexity index is 699. The Balaban J connectivity index is 1.40. The summed E-state index contributed by atoms with van der Waals surface area (Å²) < 4.78 is 0. The third-order valence-corrected chi connectivity index (χ3v) is 8.78. The maximum absolute atomic E-state index is 13.0. The van der Waals surface area contributed by atoms with E-state index in [1.54, 1.807) is 0 Å². The van der Waals surface area contributed by atoms with Crippen LogP contribution in [0.25, 0.3) is 0 Å². The molecular formula is C21H30N2O2S. The predicted octanol–water partition coefficient (Wildman–Crippen LogP) is 3.93. The molecule has 4 unspecified atom stereocenters. The van der Waals surface area contributed by atoms with Gasteiger partial charge in [-0.3, -0.25) is 9.59 Å². The molecule has 26 heavy (non-hydrogen) atoms. The summed E-state index contributed by atoms with van der Waals surface area (Å²) in [6, 6.07) is 4.06. The van der Waals surface area contributed by atoms with Crippen molar-refractivity contribution in [3.63, 3.8) is 0 Å². The Morgan fingerprint density at radius 2 is 2.08 bits per heavy atom. The van der Waals surface area contributed by atoms with Crippen molar-refractivity contribution < 1.29 is 9.59 Å². The second-order valence-corrected chi connectivity index (χ2v) is 10.2. The van der Waals surface area contributed by atoms with E-state index < -0.39 is 0 Å². The molecule has 2 bridgehead atoms. The number of rotatable bonds is 3. The topological polar surface area (TPSA) is 49.4 Å². The van der Waals surface area contributed by atoms with E-state index >= 15 is 0 Å². The van der Waals surface area contributed by atoms with Crippen molar-refractivity contribution in [2.45, 2.75) is 58.9 Å². The number of fused-ring (bicyclic) bond motifs is 2. The summed E-state index contributed by atoms with van der Waals surface area (Å²) >= 11 is 1.48. The van der Waals surface area contributed by atoms with Crippen molar-refractivity contribution in [1.82, 2.24) is 10.2 Å². The molecule has 4 nitrogen and oxygen atoms in total. The lowest BCUT2D eigenvalue weighted by Crippen LogP contribution is -2.51. The quantitative estimate of drug-likeness (QED) is 0.871. The fourth-order valence-corrected chi connectivity index (χ4v) is 6.33. The first-order valence-electron chi connectivity index (χ1n) is 9.96. The van der Waals surface area contributed by atoms with Gasteiger partial charge >= 0.3 is 0 Å². The fourth-order valence-electron chi connectivity index (χ4n) is 5.64. The van der Waals surface area contributed by atoms with Gasteiger partial charge in [-0.15, -0.1) is 11.3 Å². The van der Waals surface area contributed by atoms with Crippen molar-refractivity contribution >= 4 is 23.2 Å². The number of hydrogen-bond donors (Lipinski definition) is 1. The molecule has 142 valence electrons. The normalized spacial score (nSPS) is 35.5. The van der Waals surface area contributed by atoms with Crippen LogP contribution in [0.4, 0.5) is 0 Å². The molecule has 2 saturated carbocycles. The van der Waals surface area contributed by atoms with Crippen molar-refractivity contribution in [2.24, 2.45) is 22.7 Å². The van der Waals surface area contributed by atoms with Gasteiger partial charge in [-0.05, 0) is 60.3 Å². The molecule has 1 aliphatic heterocycles. The van der Waals surface area contributed by atoms with Crippen molar-refractivity contribution in [2.75, 3.05) is 13.1 Å². The van der Waals surface area contributed by atoms with E-state index in [4.69, 9.17) is 0 Å². The van der Waals surface area contributed by atoms with Gasteiger partial charge in [0.2, 0.25) is 5.91 Å². The van der Waals surface area contributed by atoms with E-state index in [1.807, 2.05) is 22.4 Å². The molecule has 0 spiro atoms. The van der Waals surface area contributed by atoms with E-state index in [0.717, 1.165) is 36.6 Å². The van der Waals surface area contributed by atoms with Crippen LogP contribution in [0.1, 0.15) is 62.5 Å². The summed E-state index contributed by atoms with van der Waals surface area (Å²) in [4.78, 5) is 28.2. The average molecular weight is 375 g/mol. The number of nitrogens with zero attached hydrogens (tertiary/aromatic N) is 1. The number of thiophene rings is 1. The number of carbonyl (C=O) groups is 2. The zero-order valence-electron chi connectivity index (χ0n) is 16.1. The summed E-state index contributed by atoms with van der Waals surface area (Å²) in [6.07, 6.45) is 5.41. The number of piperidine rings is 1. The second-order valence-electron chi connectivity index (χ2n) is 9.24. The number of hydrogen-bond acceptors (Lipinski definition) is 3. The molecule has 4 rings (SSSR count). The van der Waals surface area contributed by atoms with Crippen LogP contribution in [0.3, 0.4) is 0 Å². The highest BCUT2D eigenvalue weighted by atomic mass is 32.1. The molecule has 0 aromatic carbocycles. The van der Waals surface area contributed by atoms with E-state index in [-0.39, 0.29) is 29.2 Å². The Morgan fingerprint density at radius 1 is 1.27 bits per heavy atom. The van der Waals surface area contributed by atoms with Crippen molar-refractivity contribution in [1.29, 1.82) is 0 Å². The molecular weight excluding hydrogens is 344 g/mol. The lowest BCUT2D eigenvalue weighted by atomic mass is 9.69. The smallest absolute Gasteiger partial charge is 0.263 e. The molecule has 2 aliphatic carbocycles. The Kier molecular flexibility index (Phi) is 4.41. The van der Waals surface area contributed by atoms with E-state index in [1.165, 1.54) is 24.2 Å². The first kappa shape index (κ1) is 18.0. The van der Waals surface area contributed by atoms with Gasteiger partial charge in [-0.1, -0.05) is 26.8 Å². The van der Waals surface area contributed by atoms with Gasteiger partial charge in [0.25, 0.3) is 5.91 Å². The van der Waals surface area contributed by atoms with Crippen LogP contribution in [-0.2, 0) is 4.79 Å². The van der Waals surface area contributed by atoms with Crippen LogP contribution in [-0.4, -0.2) is 35.8 Å². The van der Waals surface area contributed by atoms with Crippen LogP contribution < -0.4 is 5.32 Å². The number of likely N-dealkylation sites (tertiary alicyclic amines) is 1. The zero-order valence-corrected chi connectivity index (χ0v) is 16.9. The maximum Gasteiger partial charge on any atom is 0.263 e. The maximum atomic E-state index is 13.0. The molecule has 5 heteroatoms. The van der Waals surface area contributed by atoms with Gasteiger partial charge in [-0.2, -0.15) is 0 Å². The third kappa shape index (κ3) is 2.70. The molecule has 1 N–H and O–H groups in total. The van der Waals surface area contributed by atoms with Crippen LogP contribution >= 0.6 is 11.3 Å². The van der Waals surface area contributed by atoms with Crippen molar-refractivity contribution in [3.05, 3.63) is 22.4 Å². The fraction of sp³-hybridized carbons (Fsp3) is 0.714. The summed E-state index contributed by atoms with van der Waals surface area (Å²) in [5.74, 6) is 0.883. The summed E-state index contributed by atoms with van der Waals surface area (Å²) in [5.41, 5.74) is 0.507. The standard InChI is InChI=1S/C21H30N2O2S/c1-20(2)15-8-9-21(20,3)17(12-15)22-18(24)14-6-4-10-23(13-14)19(25)16-7-5-11-26-16/h5,7,11,14-15,17H,4,6,8-10,12-13H2,1-3H3,(H,22,24).